The quantitative estimate of drug-likeness (QED) is 0.925. The molecule has 0 aromatic carbocycles. The molecule has 17 heavy (non-hydrogen) atoms. The van der Waals surface area contributed by atoms with Crippen LogP contribution in [0.15, 0.2) is 10.7 Å². The molecule has 2 heterocycles. The molecule has 2 N–H and O–H groups in total. The molecule has 5 heteroatoms. The van der Waals surface area contributed by atoms with E-state index in [9.17, 15) is 0 Å². The van der Waals surface area contributed by atoms with Crippen LogP contribution in [0.2, 0.25) is 0 Å². The van der Waals surface area contributed by atoms with Crippen molar-refractivity contribution in [3.05, 3.63) is 16.4 Å². The van der Waals surface area contributed by atoms with Crippen LogP contribution in [0.25, 0.3) is 0 Å². The van der Waals surface area contributed by atoms with Crippen LogP contribution in [0.5, 0.6) is 0 Å². The lowest BCUT2D eigenvalue weighted by atomic mass is 9.91. The third-order valence-corrected chi connectivity index (χ3v) is 4.50. The summed E-state index contributed by atoms with van der Waals surface area (Å²) in [6, 6.07) is 0.505. The Morgan fingerprint density at radius 3 is 2.94 bits per heavy atom. The van der Waals surface area contributed by atoms with Gasteiger partial charge in [0.05, 0.1) is 16.4 Å². The second-order valence-corrected chi connectivity index (χ2v) is 5.81. The van der Waals surface area contributed by atoms with Crippen LogP contribution in [0, 0.1) is 5.92 Å². The summed E-state index contributed by atoms with van der Waals surface area (Å²) >= 11 is 3.56. The molecule has 2 unspecified atom stereocenters. The molecule has 0 aliphatic carbocycles. The Morgan fingerprint density at radius 2 is 2.35 bits per heavy atom. The fourth-order valence-corrected chi connectivity index (χ4v) is 3.19. The normalized spacial score (nSPS) is 26.4. The van der Waals surface area contributed by atoms with Gasteiger partial charge in [0.15, 0.2) is 0 Å². The first-order chi connectivity index (χ1) is 8.13. The van der Waals surface area contributed by atoms with E-state index in [1.165, 1.54) is 18.5 Å². The maximum Gasteiger partial charge on any atom is 0.0663 e. The van der Waals surface area contributed by atoms with Crippen molar-refractivity contribution in [3.63, 3.8) is 0 Å². The monoisotopic (exact) mass is 300 g/mol. The van der Waals surface area contributed by atoms with E-state index < -0.39 is 0 Å². The van der Waals surface area contributed by atoms with E-state index in [4.69, 9.17) is 5.73 Å². The van der Waals surface area contributed by atoms with Gasteiger partial charge >= 0.3 is 0 Å². The molecule has 0 spiro atoms. The van der Waals surface area contributed by atoms with Gasteiger partial charge in [-0.05, 0) is 41.2 Å². The summed E-state index contributed by atoms with van der Waals surface area (Å²) in [5, 5.41) is 4.26. The summed E-state index contributed by atoms with van der Waals surface area (Å²) in [6.45, 7) is 5.13. The molecule has 96 valence electrons. The van der Waals surface area contributed by atoms with Crippen molar-refractivity contribution in [1.82, 2.24) is 14.7 Å². The molecule has 2 rings (SSSR count). The van der Waals surface area contributed by atoms with Crippen molar-refractivity contribution in [3.8, 4) is 0 Å². The Balaban J connectivity index is 2.11. The van der Waals surface area contributed by atoms with E-state index in [2.05, 4.69) is 32.9 Å². The van der Waals surface area contributed by atoms with Gasteiger partial charge in [0.1, 0.15) is 0 Å². The van der Waals surface area contributed by atoms with Crippen LogP contribution in [-0.4, -0.2) is 33.8 Å². The summed E-state index contributed by atoms with van der Waals surface area (Å²) < 4.78 is 3.03. The number of aromatic nitrogens is 2. The van der Waals surface area contributed by atoms with Gasteiger partial charge in [0, 0.05) is 26.2 Å². The SMILES string of the molecule is CC1CCCN(Cc2c(Br)cnn2C)C1CN. The molecule has 0 bridgehead atoms. The number of likely N-dealkylation sites (tertiary alicyclic amines) is 1. The number of hydrogen-bond acceptors (Lipinski definition) is 3. The lowest BCUT2D eigenvalue weighted by Gasteiger charge is -2.39. The van der Waals surface area contributed by atoms with E-state index in [0.717, 1.165) is 24.1 Å². The molecule has 0 amide bonds. The Bertz CT molecular complexity index is 357. The van der Waals surface area contributed by atoms with Crippen molar-refractivity contribution >= 4 is 15.9 Å². The lowest BCUT2D eigenvalue weighted by molar-refractivity contribution is 0.0963. The standard InChI is InChI=1S/C12H21BrN4/c1-9-4-3-5-17(11(9)6-14)8-12-10(13)7-15-16(12)2/h7,9,11H,3-6,8,14H2,1-2H3. The maximum atomic E-state index is 5.91. The highest BCUT2D eigenvalue weighted by molar-refractivity contribution is 9.10. The largest absolute Gasteiger partial charge is 0.329 e. The second-order valence-electron chi connectivity index (χ2n) is 4.96. The van der Waals surface area contributed by atoms with Gasteiger partial charge < -0.3 is 5.73 Å². The zero-order valence-electron chi connectivity index (χ0n) is 10.6. The molecule has 2 atom stereocenters. The number of nitrogens with zero attached hydrogens (tertiary/aromatic N) is 3. The highest BCUT2D eigenvalue weighted by Gasteiger charge is 2.28. The van der Waals surface area contributed by atoms with E-state index in [-0.39, 0.29) is 0 Å². The van der Waals surface area contributed by atoms with Crippen LogP contribution in [0.3, 0.4) is 0 Å². The van der Waals surface area contributed by atoms with Crippen LogP contribution in [-0.2, 0) is 13.6 Å². The molecule has 4 nitrogen and oxygen atoms in total. The number of piperidine rings is 1. The first-order valence-corrected chi connectivity index (χ1v) is 7.03. The smallest absolute Gasteiger partial charge is 0.0663 e. The van der Waals surface area contributed by atoms with Crippen LogP contribution < -0.4 is 5.73 Å². The maximum absolute atomic E-state index is 5.91. The van der Waals surface area contributed by atoms with Crippen molar-refractivity contribution in [1.29, 1.82) is 0 Å². The summed E-state index contributed by atoms with van der Waals surface area (Å²) in [4.78, 5) is 2.50. The van der Waals surface area contributed by atoms with Gasteiger partial charge in [-0.1, -0.05) is 6.92 Å². The first kappa shape index (κ1) is 13.1. The molecule has 1 aliphatic heterocycles. The topological polar surface area (TPSA) is 47.1 Å². The fraction of sp³-hybridized carbons (Fsp3) is 0.750. The molecule has 1 saturated heterocycles. The van der Waals surface area contributed by atoms with Gasteiger partial charge in [-0.15, -0.1) is 0 Å². The minimum atomic E-state index is 0.505. The van der Waals surface area contributed by atoms with Crippen molar-refractivity contribution < 1.29 is 0 Å². The number of nitrogens with two attached hydrogens (primary N) is 1. The Morgan fingerprint density at radius 1 is 1.59 bits per heavy atom. The Kier molecular flexibility index (Phi) is 4.22. The number of aryl methyl sites for hydroxylation is 1. The number of rotatable bonds is 3. The van der Waals surface area contributed by atoms with Crippen molar-refractivity contribution in [2.45, 2.75) is 32.4 Å². The highest BCUT2D eigenvalue weighted by Crippen LogP contribution is 2.26. The van der Waals surface area contributed by atoms with Crippen LogP contribution in [0.4, 0.5) is 0 Å². The molecular formula is C12H21BrN4. The second kappa shape index (κ2) is 5.50. The molecule has 0 radical (unpaired) electrons. The average Bonchev–Trinajstić information content (AvgIpc) is 2.61. The predicted octanol–water partition coefficient (Wildman–Crippen LogP) is 1.74. The molecule has 1 fully saturated rings. The van der Waals surface area contributed by atoms with Gasteiger partial charge in [-0.3, -0.25) is 9.58 Å². The lowest BCUT2D eigenvalue weighted by Crippen LogP contribution is -2.48. The highest BCUT2D eigenvalue weighted by atomic mass is 79.9. The molecular weight excluding hydrogens is 280 g/mol. The summed E-state index contributed by atoms with van der Waals surface area (Å²) in [5.74, 6) is 0.695. The van der Waals surface area contributed by atoms with Gasteiger partial charge in [0.2, 0.25) is 0 Å². The molecule has 0 saturated carbocycles. The number of hydrogen-bond donors (Lipinski definition) is 1. The van der Waals surface area contributed by atoms with E-state index >= 15 is 0 Å². The van der Waals surface area contributed by atoms with E-state index in [0.29, 0.717) is 12.0 Å². The number of halogens is 1. The Hall–Kier alpha value is -0.390. The zero-order valence-corrected chi connectivity index (χ0v) is 12.2. The predicted molar refractivity (Wildman–Crippen MR) is 72.6 cm³/mol. The molecule has 1 aliphatic rings. The average molecular weight is 301 g/mol. The summed E-state index contributed by atoms with van der Waals surface area (Å²) in [6.07, 6.45) is 4.43. The fourth-order valence-electron chi connectivity index (χ4n) is 2.72. The van der Waals surface area contributed by atoms with Gasteiger partial charge in [0.25, 0.3) is 0 Å². The Labute approximate surface area is 111 Å². The third-order valence-electron chi connectivity index (χ3n) is 3.84. The summed E-state index contributed by atoms with van der Waals surface area (Å²) in [5.41, 5.74) is 7.15. The minimum absolute atomic E-state index is 0.505. The van der Waals surface area contributed by atoms with Crippen LogP contribution >= 0.6 is 15.9 Å². The van der Waals surface area contributed by atoms with Crippen LogP contribution in [0.1, 0.15) is 25.5 Å². The van der Waals surface area contributed by atoms with Crippen molar-refractivity contribution in [2.75, 3.05) is 13.1 Å². The molecule has 1 aromatic heterocycles. The first-order valence-electron chi connectivity index (χ1n) is 6.24. The van der Waals surface area contributed by atoms with E-state index in [1.807, 2.05) is 17.9 Å². The molecule has 1 aromatic rings. The van der Waals surface area contributed by atoms with Gasteiger partial charge in [-0.2, -0.15) is 5.10 Å². The zero-order chi connectivity index (χ0) is 12.4. The van der Waals surface area contributed by atoms with Gasteiger partial charge in [-0.25, -0.2) is 0 Å². The summed E-state index contributed by atoms with van der Waals surface area (Å²) in [7, 11) is 1.99. The van der Waals surface area contributed by atoms with Crippen molar-refractivity contribution in [2.24, 2.45) is 18.7 Å². The third kappa shape index (κ3) is 2.72. The minimum Gasteiger partial charge on any atom is -0.329 e. The van der Waals surface area contributed by atoms with E-state index in [1.54, 1.807) is 0 Å².